The highest BCUT2D eigenvalue weighted by molar-refractivity contribution is 7.91. The second kappa shape index (κ2) is 7.40. The summed E-state index contributed by atoms with van der Waals surface area (Å²) in [5, 5.41) is 10.1. The third-order valence-corrected chi connectivity index (χ3v) is 5.96. The van der Waals surface area contributed by atoms with Gasteiger partial charge in [-0.25, -0.2) is 13.4 Å². The molecule has 0 unspecified atom stereocenters. The van der Waals surface area contributed by atoms with Crippen LogP contribution in [0.1, 0.15) is 21.6 Å². The molecule has 0 aliphatic rings. The second-order valence-electron chi connectivity index (χ2n) is 6.40. The maximum Gasteiger partial charge on any atom is 0.253 e. The van der Waals surface area contributed by atoms with Crippen molar-refractivity contribution in [1.29, 1.82) is 0 Å². The van der Waals surface area contributed by atoms with E-state index < -0.39 is 9.84 Å². The monoisotopic (exact) mass is 408 g/mol. The fourth-order valence-corrected chi connectivity index (χ4v) is 3.97. The number of fused-ring (bicyclic) bond motifs is 1. The lowest BCUT2D eigenvalue weighted by Crippen LogP contribution is -2.23. The average Bonchev–Trinajstić information content (AvgIpc) is 3.20. The number of nitrogens with zero attached hydrogens (tertiary/aromatic N) is 4. The van der Waals surface area contributed by atoms with Crippen molar-refractivity contribution in [1.82, 2.24) is 30.5 Å². The van der Waals surface area contributed by atoms with Crippen LogP contribution in [0.5, 0.6) is 0 Å². The number of aryl methyl sites for hydroxylation is 1. The first-order chi connectivity index (χ1) is 13.9. The zero-order valence-electron chi connectivity index (χ0n) is 15.3. The van der Waals surface area contributed by atoms with Crippen LogP contribution >= 0.6 is 0 Å². The van der Waals surface area contributed by atoms with E-state index in [1.807, 2.05) is 0 Å². The largest absolute Gasteiger partial charge is 0.346 e. The number of nitrogens with one attached hydrogen (secondary N) is 2. The Labute approximate surface area is 166 Å². The Bertz CT molecular complexity index is 1300. The summed E-state index contributed by atoms with van der Waals surface area (Å²) in [6.45, 7) is 1.92. The van der Waals surface area contributed by atoms with Crippen LogP contribution in [0, 0.1) is 6.92 Å². The van der Waals surface area contributed by atoms with Crippen molar-refractivity contribution in [2.75, 3.05) is 0 Å². The summed E-state index contributed by atoms with van der Waals surface area (Å²) in [7, 11) is -3.70. The van der Waals surface area contributed by atoms with Gasteiger partial charge in [-0.2, -0.15) is 5.10 Å². The first kappa shape index (κ1) is 18.7. The fraction of sp³-hybridized carbons (Fsp3) is 0.105. The molecule has 0 aliphatic heterocycles. The number of amides is 1. The van der Waals surface area contributed by atoms with Crippen LogP contribution in [-0.2, 0) is 16.4 Å². The Morgan fingerprint density at radius 1 is 1.03 bits per heavy atom. The molecule has 4 rings (SSSR count). The molecule has 4 aromatic rings. The fourth-order valence-electron chi connectivity index (χ4n) is 2.72. The van der Waals surface area contributed by atoms with Crippen LogP contribution in [0.2, 0.25) is 0 Å². The van der Waals surface area contributed by atoms with Crippen molar-refractivity contribution < 1.29 is 13.2 Å². The highest BCUT2D eigenvalue weighted by atomic mass is 32.2. The van der Waals surface area contributed by atoms with E-state index in [0.29, 0.717) is 16.9 Å². The summed E-state index contributed by atoms with van der Waals surface area (Å²) < 4.78 is 25.3. The molecular weight excluding hydrogens is 392 g/mol. The Kier molecular flexibility index (Phi) is 4.77. The molecule has 0 bridgehead atoms. The molecule has 0 saturated heterocycles. The third kappa shape index (κ3) is 3.83. The highest BCUT2D eigenvalue weighted by Crippen LogP contribution is 2.20. The minimum atomic E-state index is -3.70. The summed E-state index contributed by atoms with van der Waals surface area (Å²) in [5.74, 6) is -0.315. The smallest absolute Gasteiger partial charge is 0.253 e. The molecule has 2 N–H and O–H groups in total. The van der Waals surface area contributed by atoms with E-state index in [-0.39, 0.29) is 22.2 Å². The van der Waals surface area contributed by atoms with E-state index in [0.717, 1.165) is 10.9 Å². The van der Waals surface area contributed by atoms with Gasteiger partial charge in [-0.3, -0.25) is 19.9 Å². The van der Waals surface area contributed by atoms with E-state index in [9.17, 15) is 13.2 Å². The van der Waals surface area contributed by atoms with Crippen molar-refractivity contribution in [3.05, 3.63) is 72.1 Å². The second-order valence-corrected chi connectivity index (χ2v) is 8.35. The average molecular weight is 408 g/mol. The molecule has 0 spiro atoms. The molecule has 1 amide bonds. The molecular formula is C19H16N6O3S. The molecule has 0 saturated carbocycles. The van der Waals surface area contributed by atoms with Gasteiger partial charge in [0.05, 0.1) is 33.8 Å². The first-order valence-corrected chi connectivity index (χ1v) is 10.1. The molecule has 0 aliphatic carbocycles. The van der Waals surface area contributed by atoms with Gasteiger partial charge >= 0.3 is 0 Å². The number of hydrogen-bond acceptors (Lipinski definition) is 7. The minimum Gasteiger partial charge on any atom is -0.346 e. The summed E-state index contributed by atoms with van der Waals surface area (Å²) in [5.41, 5.74) is 2.27. The van der Waals surface area contributed by atoms with Crippen molar-refractivity contribution in [3.8, 4) is 0 Å². The van der Waals surface area contributed by atoms with Crippen LogP contribution in [-0.4, -0.2) is 39.5 Å². The van der Waals surface area contributed by atoms with E-state index in [1.165, 1.54) is 24.7 Å². The molecule has 146 valence electrons. The van der Waals surface area contributed by atoms with E-state index >= 15 is 0 Å². The minimum absolute atomic E-state index is 0.0644. The lowest BCUT2D eigenvalue weighted by atomic mass is 10.2. The van der Waals surface area contributed by atoms with Gasteiger partial charge in [0.15, 0.2) is 5.65 Å². The predicted octanol–water partition coefficient (Wildman–Crippen LogP) is 1.82. The number of carbonyl (C=O) groups is 1. The number of rotatable bonds is 5. The SMILES string of the molecule is Cc1cncc(S(=O)(=O)c2ccc(CNC(=O)c3cnc4[nH]ncc4c3)nc2)c1. The Hall–Kier alpha value is -3.66. The van der Waals surface area contributed by atoms with Crippen molar-refractivity contribution >= 4 is 26.8 Å². The van der Waals surface area contributed by atoms with Crippen LogP contribution in [0.25, 0.3) is 11.0 Å². The van der Waals surface area contributed by atoms with E-state index in [4.69, 9.17) is 0 Å². The standard InChI is InChI=1S/C19H16N6O3S/c1-12-4-17(10-20-6-12)29(27,28)16-3-2-15(21-11-16)9-23-19(26)14-5-13-8-24-25-18(13)22-7-14/h2-8,10-11H,9H2,1H3,(H,23,26)(H,22,24,25). The van der Waals surface area contributed by atoms with Gasteiger partial charge < -0.3 is 5.32 Å². The Balaban J connectivity index is 1.46. The number of carbonyl (C=O) groups excluding carboxylic acids is 1. The van der Waals surface area contributed by atoms with E-state index in [1.54, 1.807) is 37.5 Å². The molecule has 4 heterocycles. The van der Waals surface area contributed by atoms with Crippen molar-refractivity contribution in [2.24, 2.45) is 0 Å². The normalized spacial score (nSPS) is 11.5. The summed E-state index contributed by atoms with van der Waals surface area (Å²) in [4.78, 5) is 24.7. The van der Waals surface area contributed by atoms with Gasteiger partial charge in [-0.05, 0) is 36.8 Å². The Morgan fingerprint density at radius 2 is 1.90 bits per heavy atom. The quantitative estimate of drug-likeness (QED) is 0.515. The van der Waals surface area contributed by atoms with Crippen molar-refractivity contribution in [2.45, 2.75) is 23.3 Å². The van der Waals surface area contributed by atoms with Gasteiger partial charge in [0.2, 0.25) is 9.84 Å². The third-order valence-electron chi connectivity index (χ3n) is 4.25. The lowest BCUT2D eigenvalue weighted by molar-refractivity contribution is 0.0950. The number of pyridine rings is 3. The van der Waals surface area contributed by atoms with Crippen LogP contribution in [0.15, 0.2) is 65.0 Å². The number of sulfone groups is 1. The molecule has 9 nitrogen and oxygen atoms in total. The number of hydrogen-bond donors (Lipinski definition) is 2. The molecule has 0 aromatic carbocycles. The number of aromatic nitrogens is 5. The predicted molar refractivity (Wildman–Crippen MR) is 104 cm³/mol. The lowest BCUT2D eigenvalue weighted by Gasteiger charge is -2.07. The number of H-pyrrole nitrogens is 1. The zero-order valence-corrected chi connectivity index (χ0v) is 16.1. The maximum atomic E-state index is 12.7. The van der Waals surface area contributed by atoms with Gasteiger partial charge in [0.25, 0.3) is 5.91 Å². The van der Waals surface area contributed by atoms with Gasteiger partial charge in [0, 0.05) is 30.2 Å². The Morgan fingerprint density at radius 3 is 2.66 bits per heavy atom. The van der Waals surface area contributed by atoms with Crippen molar-refractivity contribution in [3.63, 3.8) is 0 Å². The topological polar surface area (TPSA) is 131 Å². The van der Waals surface area contributed by atoms with Crippen LogP contribution in [0.4, 0.5) is 0 Å². The molecule has 0 fully saturated rings. The summed E-state index contributed by atoms with van der Waals surface area (Å²) in [6.07, 6.45) is 7.21. The first-order valence-electron chi connectivity index (χ1n) is 8.62. The van der Waals surface area contributed by atoms with Gasteiger partial charge in [0.1, 0.15) is 0 Å². The molecule has 4 aromatic heterocycles. The highest BCUT2D eigenvalue weighted by Gasteiger charge is 2.19. The summed E-state index contributed by atoms with van der Waals surface area (Å²) >= 11 is 0. The molecule has 10 heteroatoms. The van der Waals surface area contributed by atoms with Gasteiger partial charge in [-0.1, -0.05) is 0 Å². The molecule has 0 atom stereocenters. The number of aromatic amines is 1. The molecule has 0 radical (unpaired) electrons. The van der Waals surface area contributed by atoms with Crippen LogP contribution < -0.4 is 5.32 Å². The summed E-state index contributed by atoms with van der Waals surface area (Å²) in [6, 6.07) is 6.26. The zero-order chi connectivity index (χ0) is 20.4. The maximum absolute atomic E-state index is 12.7. The van der Waals surface area contributed by atoms with E-state index in [2.05, 4.69) is 30.5 Å². The van der Waals surface area contributed by atoms with Gasteiger partial charge in [-0.15, -0.1) is 0 Å². The molecule has 29 heavy (non-hydrogen) atoms. The van der Waals surface area contributed by atoms with Crippen LogP contribution in [0.3, 0.4) is 0 Å².